The molecule has 2 rings (SSSR count). The molecule has 1 aliphatic rings. The zero-order valence-electron chi connectivity index (χ0n) is 7.74. The monoisotopic (exact) mass is 206 g/mol. The van der Waals surface area contributed by atoms with Crippen LogP contribution in [0.3, 0.4) is 0 Å². The first-order chi connectivity index (χ1) is 6.75. The summed E-state index contributed by atoms with van der Waals surface area (Å²) < 4.78 is 0. The van der Waals surface area contributed by atoms with Crippen molar-refractivity contribution >= 4 is 23.5 Å². The zero-order chi connectivity index (χ0) is 9.97. The van der Waals surface area contributed by atoms with Gasteiger partial charge in [0, 0.05) is 10.9 Å². The van der Waals surface area contributed by atoms with Crippen molar-refractivity contribution in [3.05, 3.63) is 40.9 Å². The molecule has 0 saturated heterocycles. The average Bonchev–Trinajstić information content (AvgIpc) is 3.00. The highest BCUT2D eigenvalue weighted by atomic mass is 35.5. The topological polar surface area (TPSA) is 17.1 Å². The lowest BCUT2D eigenvalue weighted by Crippen LogP contribution is -1.93. The summed E-state index contributed by atoms with van der Waals surface area (Å²) in [6.45, 7) is 0. The molecule has 0 aliphatic heterocycles. The van der Waals surface area contributed by atoms with Crippen LogP contribution in [0, 0.1) is 5.92 Å². The molecule has 0 N–H and O–H groups in total. The second-order valence-electron chi connectivity index (χ2n) is 3.56. The van der Waals surface area contributed by atoms with E-state index in [0.29, 0.717) is 5.92 Å². The Morgan fingerprint density at radius 3 is 2.50 bits per heavy atom. The second kappa shape index (κ2) is 3.97. The van der Waals surface area contributed by atoms with E-state index in [0.717, 1.165) is 23.4 Å². The van der Waals surface area contributed by atoms with Crippen LogP contribution in [0.2, 0.25) is 5.02 Å². The quantitative estimate of drug-likeness (QED) is 0.694. The van der Waals surface area contributed by atoms with Crippen molar-refractivity contribution < 1.29 is 4.79 Å². The van der Waals surface area contributed by atoms with E-state index in [1.807, 2.05) is 30.3 Å². The van der Waals surface area contributed by atoms with Gasteiger partial charge in [0.2, 0.25) is 0 Å². The van der Waals surface area contributed by atoms with E-state index in [2.05, 4.69) is 0 Å². The molecule has 1 fully saturated rings. The summed E-state index contributed by atoms with van der Waals surface area (Å²) >= 11 is 5.74. The summed E-state index contributed by atoms with van der Waals surface area (Å²) in [5.74, 6) is 0.554. The van der Waals surface area contributed by atoms with Crippen LogP contribution in [0.5, 0.6) is 0 Å². The van der Waals surface area contributed by atoms with Crippen molar-refractivity contribution in [3.8, 4) is 0 Å². The third-order valence-electron chi connectivity index (χ3n) is 2.29. The molecule has 0 heterocycles. The lowest BCUT2D eigenvalue weighted by Gasteiger charge is -1.93. The molecule has 1 aromatic rings. The van der Waals surface area contributed by atoms with Gasteiger partial charge in [0.1, 0.15) is 0 Å². The summed E-state index contributed by atoms with van der Waals surface area (Å²) in [4.78, 5) is 11.3. The standard InChI is InChI=1S/C12H11ClO/c13-11-6-1-9(2-7-11)3-8-12(14)10-4-5-10/h1-3,6-8,10H,4-5H2. The average molecular weight is 207 g/mol. The fourth-order valence-electron chi connectivity index (χ4n) is 1.26. The Hall–Kier alpha value is -1.08. The number of hydrogen-bond acceptors (Lipinski definition) is 1. The number of hydrogen-bond donors (Lipinski definition) is 0. The Morgan fingerprint density at radius 2 is 1.93 bits per heavy atom. The first-order valence-electron chi connectivity index (χ1n) is 4.73. The third kappa shape index (κ3) is 2.46. The number of carbonyl (C=O) groups is 1. The minimum absolute atomic E-state index is 0.250. The van der Waals surface area contributed by atoms with Crippen molar-refractivity contribution in [2.24, 2.45) is 5.92 Å². The van der Waals surface area contributed by atoms with Gasteiger partial charge in [0.05, 0.1) is 0 Å². The van der Waals surface area contributed by atoms with Gasteiger partial charge in [-0.1, -0.05) is 29.8 Å². The van der Waals surface area contributed by atoms with Gasteiger partial charge in [-0.25, -0.2) is 0 Å². The largest absolute Gasteiger partial charge is 0.295 e. The summed E-state index contributed by atoms with van der Waals surface area (Å²) in [6, 6.07) is 7.45. The van der Waals surface area contributed by atoms with Crippen LogP contribution in [0.15, 0.2) is 30.3 Å². The molecule has 0 unspecified atom stereocenters. The lowest BCUT2D eigenvalue weighted by molar-refractivity contribution is -0.115. The van der Waals surface area contributed by atoms with Crippen molar-refractivity contribution in [2.45, 2.75) is 12.8 Å². The molecule has 2 heteroatoms. The molecule has 0 spiro atoms. The van der Waals surface area contributed by atoms with Crippen LogP contribution in [-0.4, -0.2) is 5.78 Å². The first-order valence-corrected chi connectivity index (χ1v) is 5.11. The summed E-state index contributed by atoms with van der Waals surface area (Å²) in [5.41, 5.74) is 1.02. The molecular weight excluding hydrogens is 196 g/mol. The molecule has 0 radical (unpaired) electrons. The van der Waals surface area contributed by atoms with Gasteiger partial charge in [-0.2, -0.15) is 0 Å². The maximum absolute atomic E-state index is 11.3. The van der Waals surface area contributed by atoms with Crippen molar-refractivity contribution in [1.29, 1.82) is 0 Å². The van der Waals surface area contributed by atoms with Crippen LogP contribution in [-0.2, 0) is 4.79 Å². The summed E-state index contributed by atoms with van der Waals surface area (Å²) in [7, 11) is 0. The van der Waals surface area contributed by atoms with Gasteiger partial charge in [0.15, 0.2) is 5.78 Å². The Bertz CT molecular complexity index is 360. The molecule has 72 valence electrons. The summed E-state index contributed by atoms with van der Waals surface area (Å²) in [6.07, 6.45) is 5.63. The molecule has 0 aromatic heterocycles. The van der Waals surface area contributed by atoms with Crippen molar-refractivity contribution in [1.82, 2.24) is 0 Å². The Morgan fingerprint density at radius 1 is 1.29 bits per heavy atom. The maximum atomic E-state index is 11.3. The zero-order valence-corrected chi connectivity index (χ0v) is 8.50. The number of rotatable bonds is 3. The predicted octanol–water partition coefficient (Wildman–Crippen LogP) is 3.33. The minimum Gasteiger partial charge on any atom is -0.295 e. The highest BCUT2D eigenvalue weighted by molar-refractivity contribution is 6.30. The van der Waals surface area contributed by atoms with Gasteiger partial charge in [-0.05, 0) is 36.6 Å². The van der Waals surface area contributed by atoms with Crippen LogP contribution in [0.25, 0.3) is 6.08 Å². The van der Waals surface area contributed by atoms with Crippen LogP contribution in [0.1, 0.15) is 18.4 Å². The highest BCUT2D eigenvalue weighted by Crippen LogP contribution is 2.30. The van der Waals surface area contributed by atoms with E-state index in [1.54, 1.807) is 6.08 Å². The van der Waals surface area contributed by atoms with Gasteiger partial charge >= 0.3 is 0 Å². The number of ketones is 1. The number of carbonyl (C=O) groups excluding carboxylic acids is 1. The van der Waals surface area contributed by atoms with Gasteiger partial charge in [-0.3, -0.25) is 4.79 Å². The summed E-state index contributed by atoms with van der Waals surface area (Å²) in [5, 5.41) is 0.718. The molecule has 1 aromatic carbocycles. The van der Waals surface area contributed by atoms with E-state index in [9.17, 15) is 4.79 Å². The molecule has 1 nitrogen and oxygen atoms in total. The molecule has 1 aliphatic carbocycles. The number of halogens is 1. The molecule has 1 saturated carbocycles. The molecule has 0 bridgehead atoms. The Kier molecular flexibility index (Phi) is 2.69. The SMILES string of the molecule is O=C(C=Cc1ccc(Cl)cc1)C1CC1. The Balaban J connectivity index is 2.02. The van der Waals surface area contributed by atoms with Crippen LogP contribution in [0.4, 0.5) is 0 Å². The maximum Gasteiger partial charge on any atom is 0.158 e. The predicted molar refractivity (Wildman–Crippen MR) is 58.2 cm³/mol. The lowest BCUT2D eigenvalue weighted by atomic mass is 10.1. The number of allylic oxidation sites excluding steroid dienone is 1. The smallest absolute Gasteiger partial charge is 0.158 e. The molecule has 14 heavy (non-hydrogen) atoms. The molecular formula is C12H11ClO. The second-order valence-corrected chi connectivity index (χ2v) is 4.00. The van der Waals surface area contributed by atoms with E-state index < -0.39 is 0 Å². The fraction of sp³-hybridized carbons (Fsp3) is 0.250. The highest BCUT2D eigenvalue weighted by Gasteiger charge is 2.27. The van der Waals surface area contributed by atoms with Crippen LogP contribution >= 0.6 is 11.6 Å². The van der Waals surface area contributed by atoms with E-state index in [1.165, 1.54) is 0 Å². The normalized spacial score (nSPS) is 16.1. The molecule has 0 atom stereocenters. The first kappa shape index (κ1) is 9.47. The van der Waals surface area contributed by atoms with Crippen molar-refractivity contribution in [2.75, 3.05) is 0 Å². The van der Waals surface area contributed by atoms with E-state index in [4.69, 9.17) is 11.6 Å². The van der Waals surface area contributed by atoms with Gasteiger partial charge < -0.3 is 0 Å². The van der Waals surface area contributed by atoms with Gasteiger partial charge in [0.25, 0.3) is 0 Å². The van der Waals surface area contributed by atoms with E-state index >= 15 is 0 Å². The fourth-order valence-corrected chi connectivity index (χ4v) is 1.38. The molecule has 0 amide bonds. The van der Waals surface area contributed by atoms with Crippen molar-refractivity contribution in [3.63, 3.8) is 0 Å². The minimum atomic E-state index is 0.250. The van der Waals surface area contributed by atoms with Gasteiger partial charge in [-0.15, -0.1) is 0 Å². The Labute approximate surface area is 88.4 Å². The third-order valence-corrected chi connectivity index (χ3v) is 2.54. The number of benzene rings is 1. The van der Waals surface area contributed by atoms with E-state index in [-0.39, 0.29) is 5.78 Å². The van der Waals surface area contributed by atoms with Crippen LogP contribution < -0.4 is 0 Å².